The van der Waals surface area contributed by atoms with Crippen LogP contribution in [0.1, 0.15) is 11.7 Å². The molecule has 1 aromatic carbocycles. The van der Waals surface area contributed by atoms with Gasteiger partial charge < -0.3 is 10.3 Å². The highest BCUT2D eigenvalue weighted by Gasteiger charge is 2.12. The number of aromatic nitrogens is 3. The number of hydrogen-bond acceptors (Lipinski definition) is 5. The Labute approximate surface area is 123 Å². The fourth-order valence-corrected chi connectivity index (χ4v) is 1.91. The van der Waals surface area contributed by atoms with Gasteiger partial charge in [-0.1, -0.05) is 29.3 Å². The molecule has 0 bridgehead atoms. The number of halogens is 2. The van der Waals surface area contributed by atoms with Crippen molar-refractivity contribution in [1.82, 2.24) is 14.8 Å². The van der Waals surface area contributed by atoms with Crippen LogP contribution in [0.3, 0.4) is 0 Å². The van der Waals surface area contributed by atoms with Crippen LogP contribution in [-0.2, 0) is 6.54 Å². The summed E-state index contributed by atoms with van der Waals surface area (Å²) in [5.41, 5.74) is 0.626. The van der Waals surface area contributed by atoms with Crippen molar-refractivity contribution in [2.24, 2.45) is 0 Å². The molecule has 1 aromatic heterocycles. The maximum Gasteiger partial charge on any atom is 0.291 e. The molecule has 10 heteroatoms. The standard InChI is InChI=1S/C10H9Cl2N3O.HNO3/c11-7-1-2-8(9(12)3-7)10(16)4-15-6-13-5-14-15;2-1(3)4/h1-3,5-6,10,16H,4H2;(H,2,3,4). The molecule has 2 rings (SSSR count). The summed E-state index contributed by atoms with van der Waals surface area (Å²) in [6.07, 6.45) is 2.22. The predicted octanol–water partition coefficient (Wildman–Crippen LogP) is 1.97. The zero-order chi connectivity index (χ0) is 15.1. The van der Waals surface area contributed by atoms with Crippen LogP contribution >= 0.6 is 23.2 Å². The van der Waals surface area contributed by atoms with Gasteiger partial charge in [-0.3, -0.25) is 4.68 Å². The van der Waals surface area contributed by atoms with Crippen molar-refractivity contribution in [3.05, 3.63) is 56.6 Å². The van der Waals surface area contributed by atoms with E-state index in [1.54, 1.807) is 18.2 Å². The van der Waals surface area contributed by atoms with E-state index in [2.05, 4.69) is 10.1 Å². The first-order valence-electron chi connectivity index (χ1n) is 5.19. The first-order valence-corrected chi connectivity index (χ1v) is 5.94. The average Bonchev–Trinajstić information content (AvgIpc) is 2.80. The summed E-state index contributed by atoms with van der Waals surface area (Å²) in [7, 11) is 0. The van der Waals surface area contributed by atoms with Crippen molar-refractivity contribution in [2.75, 3.05) is 0 Å². The van der Waals surface area contributed by atoms with Crippen LogP contribution in [0.4, 0.5) is 0 Å². The lowest BCUT2D eigenvalue weighted by Crippen LogP contribution is -2.09. The molecule has 0 spiro atoms. The van der Waals surface area contributed by atoms with Crippen LogP contribution in [0.15, 0.2) is 30.9 Å². The Bertz CT molecular complexity index is 560. The van der Waals surface area contributed by atoms with Crippen molar-refractivity contribution in [1.29, 1.82) is 0 Å². The van der Waals surface area contributed by atoms with Crippen molar-refractivity contribution < 1.29 is 15.4 Å². The summed E-state index contributed by atoms with van der Waals surface area (Å²) in [6, 6.07) is 4.99. The minimum absolute atomic E-state index is 0.307. The SMILES string of the molecule is O=[N+]([O-])O.OC(Cn1cncn1)c1ccc(Cl)cc1Cl. The minimum atomic E-state index is -1.50. The van der Waals surface area contributed by atoms with Gasteiger partial charge in [0.05, 0.1) is 6.54 Å². The van der Waals surface area contributed by atoms with Crippen LogP contribution in [0.5, 0.6) is 0 Å². The Kier molecular flexibility index (Phi) is 6.16. The fourth-order valence-electron chi connectivity index (χ4n) is 1.37. The highest BCUT2D eigenvalue weighted by atomic mass is 35.5. The predicted molar refractivity (Wildman–Crippen MR) is 70.2 cm³/mol. The van der Waals surface area contributed by atoms with Gasteiger partial charge in [-0.15, -0.1) is 10.1 Å². The minimum Gasteiger partial charge on any atom is -0.386 e. The quantitative estimate of drug-likeness (QED) is 0.660. The van der Waals surface area contributed by atoms with Gasteiger partial charge in [-0.05, 0) is 12.1 Å². The Morgan fingerprint density at radius 2 is 2.10 bits per heavy atom. The number of aliphatic hydroxyl groups excluding tert-OH is 1. The molecular formula is C10H10Cl2N4O4. The summed E-state index contributed by atoms with van der Waals surface area (Å²) in [6.45, 7) is 0.307. The van der Waals surface area contributed by atoms with Crippen LogP contribution < -0.4 is 0 Å². The van der Waals surface area contributed by atoms with E-state index in [9.17, 15) is 5.11 Å². The monoisotopic (exact) mass is 320 g/mol. The molecule has 0 aliphatic rings. The van der Waals surface area contributed by atoms with Crippen LogP contribution in [0, 0.1) is 10.1 Å². The van der Waals surface area contributed by atoms with E-state index in [0.717, 1.165) is 0 Å². The number of nitrogens with zero attached hydrogens (tertiary/aromatic N) is 4. The Balaban J connectivity index is 0.000000444. The highest BCUT2D eigenvalue weighted by Crippen LogP contribution is 2.26. The molecule has 0 saturated carbocycles. The third-order valence-electron chi connectivity index (χ3n) is 2.15. The maximum absolute atomic E-state index is 9.95. The lowest BCUT2D eigenvalue weighted by atomic mass is 10.1. The van der Waals surface area contributed by atoms with E-state index in [1.165, 1.54) is 17.3 Å². The van der Waals surface area contributed by atoms with Gasteiger partial charge in [-0.2, -0.15) is 5.10 Å². The molecule has 8 nitrogen and oxygen atoms in total. The lowest BCUT2D eigenvalue weighted by molar-refractivity contribution is -0.742. The van der Waals surface area contributed by atoms with Crippen LogP contribution in [-0.4, -0.2) is 30.2 Å². The summed E-state index contributed by atoms with van der Waals surface area (Å²) >= 11 is 11.7. The van der Waals surface area contributed by atoms with E-state index in [0.29, 0.717) is 22.2 Å². The molecule has 0 aliphatic heterocycles. The molecule has 0 aliphatic carbocycles. The topological polar surface area (TPSA) is 114 Å². The molecule has 1 heterocycles. The second kappa shape index (κ2) is 7.63. The smallest absolute Gasteiger partial charge is 0.291 e. The van der Waals surface area contributed by atoms with E-state index < -0.39 is 11.2 Å². The number of benzene rings is 1. The molecule has 108 valence electrons. The zero-order valence-corrected chi connectivity index (χ0v) is 11.4. The van der Waals surface area contributed by atoms with Crippen LogP contribution in [0.25, 0.3) is 0 Å². The second-order valence-electron chi connectivity index (χ2n) is 3.54. The Morgan fingerprint density at radius 1 is 1.45 bits per heavy atom. The summed E-state index contributed by atoms with van der Waals surface area (Å²) in [4.78, 5) is 12.2. The van der Waals surface area contributed by atoms with Gasteiger partial charge in [0.25, 0.3) is 5.09 Å². The lowest BCUT2D eigenvalue weighted by Gasteiger charge is -2.12. The van der Waals surface area contributed by atoms with Gasteiger partial charge >= 0.3 is 0 Å². The number of aliphatic hydroxyl groups is 1. The van der Waals surface area contributed by atoms with Gasteiger partial charge in [0, 0.05) is 15.6 Å². The summed E-state index contributed by atoms with van der Waals surface area (Å²) in [5.74, 6) is 0. The molecular weight excluding hydrogens is 311 g/mol. The molecule has 0 saturated heterocycles. The molecule has 0 radical (unpaired) electrons. The number of hydrogen-bond donors (Lipinski definition) is 2. The molecule has 2 aromatic rings. The molecule has 0 fully saturated rings. The molecule has 1 atom stereocenters. The first-order chi connectivity index (χ1) is 9.40. The summed E-state index contributed by atoms with van der Waals surface area (Å²) < 4.78 is 1.54. The summed E-state index contributed by atoms with van der Waals surface area (Å²) in [5, 5.41) is 28.5. The normalized spacial score (nSPS) is 11.3. The largest absolute Gasteiger partial charge is 0.386 e. The van der Waals surface area contributed by atoms with E-state index in [4.69, 9.17) is 38.5 Å². The van der Waals surface area contributed by atoms with E-state index in [-0.39, 0.29) is 0 Å². The molecule has 1 unspecified atom stereocenters. The molecule has 0 amide bonds. The van der Waals surface area contributed by atoms with Crippen molar-refractivity contribution >= 4 is 23.2 Å². The van der Waals surface area contributed by atoms with Gasteiger partial charge in [0.15, 0.2) is 0 Å². The molecule has 2 N–H and O–H groups in total. The van der Waals surface area contributed by atoms with Gasteiger partial charge in [0.1, 0.15) is 18.8 Å². The average molecular weight is 321 g/mol. The van der Waals surface area contributed by atoms with E-state index >= 15 is 0 Å². The maximum atomic E-state index is 9.95. The van der Waals surface area contributed by atoms with Gasteiger partial charge in [-0.25, -0.2) is 4.98 Å². The first kappa shape index (κ1) is 16.2. The third kappa shape index (κ3) is 5.39. The van der Waals surface area contributed by atoms with Crippen molar-refractivity contribution in [2.45, 2.75) is 12.6 Å². The Morgan fingerprint density at radius 3 is 2.60 bits per heavy atom. The zero-order valence-electron chi connectivity index (χ0n) is 9.93. The van der Waals surface area contributed by atoms with Crippen LogP contribution in [0.2, 0.25) is 10.0 Å². The fraction of sp³-hybridized carbons (Fsp3) is 0.200. The third-order valence-corrected chi connectivity index (χ3v) is 2.71. The van der Waals surface area contributed by atoms with Crippen molar-refractivity contribution in [3.8, 4) is 0 Å². The van der Waals surface area contributed by atoms with Gasteiger partial charge in [0.2, 0.25) is 0 Å². The van der Waals surface area contributed by atoms with E-state index in [1.807, 2.05) is 0 Å². The highest BCUT2D eigenvalue weighted by molar-refractivity contribution is 6.35. The van der Waals surface area contributed by atoms with Crippen molar-refractivity contribution in [3.63, 3.8) is 0 Å². The second-order valence-corrected chi connectivity index (χ2v) is 4.38. The number of rotatable bonds is 3. The molecule has 20 heavy (non-hydrogen) atoms. The Hall–Kier alpha value is -1.90.